The molecule has 1 aromatic carbocycles. The van der Waals surface area contributed by atoms with Crippen LogP contribution in [0, 0.1) is 22.7 Å². The second-order valence-electron chi connectivity index (χ2n) is 11.5. The van der Waals surface area contributed by atoms with Crippen LogP contribution in [0.1, 0.15) is 82.8 Å². The van der Waals surface area contributed by atoms with Crippen LogP contribution in [-0.2, 0) is 20.7 Å². The Labute approximate surface area is 197 Å². The fourth-order valence-corrected chi connectivity index (χ4v) is 7.80. The molecule has 32 heavy (non-hydrogen) atoms. The number of carbonyl (C=O) groups excluding carboxylic acids is 1. The lowest BCUT2D eigenvalue weighted by atomic mass is 9.52. The molecule has 3 aliphatic carbocycles. The summed E-state index contributed by atoms with van der Waals surface area (Å²) in [6.07, 6.45) is 8.69. The molecule has 5 rings (SSSR count). The topological polar surface area (TPSA) is 44.8 Å². The van der Waals surface area contributed by atoms with E-state index < -0.39 is 0 Å². The lowest BCUT2D eigenvalue weighted by Gasteiger charge is -2.56. The number of esters is 1. The minimum atomic E-state index is -0.347. The largest absolute Gasteiger partial charge is 0.490 e. The van der Waals surface area contributed by atoms with Gasteiger partial charge in [0.25, 0.3) is 0 Å². The van der Waals surface area contributed by atoms with Crippen molar-refractivity contribution in [3.05, 3.63) is 28.3 Å². The molecule has 5 atom stereocenters. The van der Waals surface area contributed by atoms with Gasteiger partial charge in [0.1, 0.15) is 18.0 Å². The van der Waals surface area contributed by atoms with Crippen molar-refractivity contribution in [3.8, 4) is 5.75 Å². The second-order valence-corrected chi connectivity index (χ2v) is 11.9. The molecule has 0 radical (unpaired) electrons. The van der Waals surface area contributed by atoms with Crippen LogP contribution >= 0.6 is 11.6 Å². The van der Waals surface area contributed by atoms with Gasteiger partial charge in [-0.25, -0.2) is 0 Å². The summed E-state index contributed by atoms with van der Waals surface area (Å²) in [6.45, 7) is 7.56. The Morgan fingerprint density at radius 3 is 2.62 bits per heavy atom. The lowest BCUT2D eigenvalue weighted by Crippen LogP contribution is -2.56. The van der Waals surface area contributed by atoms with E-state index in [1.54, 1.807) is 7.11 Å². The summed E-state index contributed by atoms with van der Waals surface area (Å²) in [6, 6.07) is 4.34. The van der Waals surface area contributed by atoms with E-state index >= 15 is 0 Å². The van der Waals surface area contributed by atoms with Crippen molar-refractivity contribution in [2.75, 3.05) is 20.3 Å². The first kappa shape index (κ1) is 22.5. The second kappa shape index (κ2) is 7.91. The van der Waals surface area contributed by atoms with Crippen LogP contribution in [0.2, 0.25) is 5.02 Å². The molecule has 176 valence electrons. The molecule has 1 aromatic rings. The van der Waals surface area contributed by atoms with Crippen LogP contribution in [0.3, 0.4) is 0 Å². The van der Waals surface area contributed by atoms with E-state index in [2.05, 4.69) is 19.1 Å². The van der Waals surface area contributed by atoms with E-state index in [0.29, 0.717) is 36.0 Å². The smallest absolute Gasteiger partial charge is 0.312 e. The Kier molecular flexibility index (Phi) is 5.57. The monoisotopic (exact) mass is 460 g/mol. The van der Waals surface area contributed by atoms with E-state index in [0.717, 1.165) is 44.3 Å². The molecule has 4 aliphatic rings. The van der Waals surface area contributed by atoms with Crippen molar-refractivity contribution in [3.63, 3.8) is 0 Å². The number of benzene rings is 1. The van der Waals surface area contributed by atoms with Gasteiger partial charge in [-0.2, -0.15) is 0 Å². The normalized spacial score (nSPS) is 37.4. The molecule has 2 saturated carbocycles. The number of aryl methyl sites for hydroxylation is 1. The third kappa shape index (κ3) is 3.31. The van der Waals surface area contributed by atoms with Crippen LogP contribution < -0.4 is 4.74 Å². The standard InChI is InChI=1S/C27H37ClO4/c1-25(2)11-12-27(32-24(25)29)10-8-21-19-6-5-17-15-23(31-14-13-30-4)22(28)16-20(17)18(19)7-9-26(21,27)3/h15-16,18-19,21H,5-14H2,1-4H3/t18?,19?,21?,26-,27+/m0/s1. The molecule has 1 aliphatic heterocycles. The molecule has 5 heteroatoms. The average Bonchev–Trinajstić information content (AvgIpc) is 3.04. The van der Waals surface area contributed by atoms with E-state index in [9.17, 15) is 4.79 Å². The molecule has 0 bridgehead atoms. The minimum Gasteiger partial charge on any atom is -0.490 e. The van der Waals surface area contributed by atoms with E-state index in [1.807, 2.05) is 13.8 Å². The van der Waals surface area contributed by atoms with Crippen LogP contribution in [0.5, 0.6) is 5.75 Å². The number of hydrogen-bond acceptors (Lipinski definition) is 4. The first-order chi connectivity index (χ1) is 15.2. The molecule has 0 aromatic heterocycles. The molecule has 3 fully saturated rings. The van der Waals surface area contributed by atoms with Gasteiger partial charge in [-0.15, -0.1) is 0 Å². The number of rotatable bonds is 4. The highest BCUT2D eigenvalue weighted by Gasteiger charge is 2.65. The van der Waals surface area contributed by atoms with Gasteiger partial charge in [0.15, 0.2) is 0 Å². The highest BCUT2D eigenvalue weighted by atomic mass is 35.5. The van der Waals surface area contributed by atoms with Crippen LogP contribution in [0.15, 0.2) is 12.1 Å². The molecule has 0 amide bonds. The predicted molar refractivity (Wildman–Crippen MR) is 125 cm³/mol. The summed E-state index contributed by atoms with van der Waals surface area (Å²) in [4.78, 5) is 12.8. The summed E-state index contributed by atoms with van der Waals surface area (Å²) < 4.78 is 17.3. The van der Waals surface area contributed by atoms with Gasteiger partial charge >= 0.3 is 5.97 Å². The number of methoxy groups -OCH3 is 1. The number of ether oxygens (including phenoxy) is 3. The predicted octanol–water partition coefficient (Wildman–Crippen LogP) is 6.32. The minimum absolute atomic E-state index is 0.00882. The highest BCUT2D eigenvalue weighted by Crippen LogP contribution is 2.67. The Hall–Kier alpha value is -1.26. The lowest BCUT2D eigenvalue weighted by molar-refractivity contribution is -0.206. The number of halogens is 1. The van der Waals surface area contributed by atoms with Crippen LogP contribution in [0.25, 0.3) is 0 Å². The van der Waals surface area contributed by atoms with E-state index in [4.69, 9.17) is 25.8 Å². The van der Waals surface area contributed by atoms with Crippen molar-refractivity contribution in [1.82, 2.24) is 0 Å². The first-order valence-electron chi connectivity index (χ1n) is 12.4. The average molecular weight is 461 g/mol. The van der Waals surface area contributed by atoms with Crippen molar-refractivity contribution in [2.24, 2.45) is 22.7 Å². The SMILES string of the molecule is COCCOc1cc2c(cc1Cl)C1CC[C@@]3(C)C(CC[C@@]34CCC(C)(C)C(=O)O4)C1CC2. The summed E-state index contributed by atoms with van der Waals surface area (Å²) in [5, 5.41) is 0.708. The Morgan fingerprint density at radius 2 is 1.88 bits per heavy atom. The van der Waals surface area contributed by atoms with E-state index in [1.165, 1.54) is 24.0 Å². The third-order valence-corrected chi connectivity index (χ3v) is 9.90. The third-order valence-electron chi connectivity index (χ3n) is 9.61. The molecule has 4 nitrogen and oxygen atoms in total. The molecule has 1 heterocycles. The quantitative estimate of drug-likeness (QED) is 0.389. The van der Waals surface area contributed by atoms with Gasteiger partial charge < -0.3 is 14.2 Å². The summed E-state index contributed by atoms with van der Waals surface area (Å²) in [5.74, 6) is 2.59. The molecule has 1 saturated heterocycles. The number of carbonyl (C=O) groups is 1. The molecular weight excluding hydrogens is 424 g/mol. The molecule has 1 spiro atoms. The van der Waals surface area contributed by atoms with Crippen LogP contribution in [0.4, 0.5) is 0 Å². The Balaban J connectivity index is 1.40. The highest BCUT2D eigenvalue weighted by molar-refractivity contribution is 6.32. The van der Waals surface area contributed by atoms with Crippen LogP contribution in [-0.4, -0.2) is 31.9 Å². The van der Waals surface area contributed by atoms with Gasteiger partial charge in [-0.3, -0.25) is 4.79 Å². The summed E-state index contributed by atoms with van der Waals surface area (Å²) in [5.41, 5.74) is 2.30. The van der Waals surface area contributed by atoms with Crippen molar-refractivity contribution in [1.29, 1.82) is 0 Å². The fraction of sp³-hybridized carbons (Fsp3) is 0.741. The molecule has 0 N–H and O–H groups in total. The van der Waals surface area contributed by atoms with Gasteiger partial charge in [-0.1, -0.05) is 18.5 Å². The number of hydrogen-bond donors (Lipinski definition) is 0. The van der Waals surface area contributed by atoms with Gasteiger partial charge in [0.2, 0.25) is 0 Å². The van der Waals surface area contributed by atoms with Gasteiger partial charge in [-0.05, 0) is 106 Å². The van der Waals surface area contributed by atoms with Gasteiger partial charge in [0.05, 0.1) is 17.0 Å². The zero-order valence-electron chi connectivity index (χ0n) is 20.0. The fourth-order valence-electron chi connectivity index (χ4n) is 7.57. The zero-order chi connectivity index (χ0) is 22.7. The maximum absolute atomic E-state index is 12.8. The van der Waals surface area contributed by atoms with E-state index in [-0.39, 0.29) is 22.4 Å². The summed E-state index contributed by atoms with van der Waals surface area (Å²) in [7, 11) is 1.68. The van der Waals surface area contributed by atoms with Gasteiger partial charge in [0, 0.05) is 12.5 Å². The number of fused-ring (bicyclic) bond motifs is 6. The Bertz CT molecular complexity index is 911. The zero-order valence-corrected chi connectivity index (χ0v) is 20.7. The molecular formula is C27H37ClO4. The summed E-state index contributed by atoms with van der Waals surface area (Å²) >= 11 is 6.65. The van der Waals surface area contributed by atoms with Crippen molar-refractivity contribution < 1.29 is 19.0 Å². The Morgan fingerprint density at radius 1 is 1.06 bits per heavy atom. The first-order valence-corrected chi connectivity index (χ1v) is 12.8. The molecule has 3 unspecified atom stereocenters. The maximum Gasteiger partial charge on any atom is 0.312 e. The van der Waals surface area contributed by atoms with Crippen molar-refractivity contribution >= 4 is 17.6 Å². The van der Waals surface area contributed by atoms with Crippen molar-refractivity contribution in [2.45, 2.75) is 83.7 Å². The maximum atomic E-state index is 12.8.